The largest absolute Gasteiger partial charge is 0.378 e. The molecule has 0 spiro atoms. The molecule has 0 aromatic rings. The van der Waals surface area contributed by atoms with Crippen molar-refractivity contribution in [3.8, 4) is 0 Å². The molecule has 1 saturated heterocycles. The summed E-state index contributed by atoms with van der Waals surface area (Å²) in [5, 5.41) is 3.50. The van der Waals surface area contributed by atoms with Gasteiger partial charge in [0.1, 0.15) is 0 Å². The molecule has 126 valence electrons. The van der Waals surface area contributed by atoms with Gasteiger partial charge in [-0.05, 0) is 38.0 Å². The normalized spacial score (nSPS) is 21.1. The highest BCUT2D eigenvalue weighted by Crippen LogP contribution is 2.15. The fourth-order valence-corrected chi connectivity index (χ4v) is 2.86. The van der Waals surface area contributed by atoms with E-state index in [-0.39, 0.29) is 24.0 Å². The van der Waals surface area contributed by atoms with E-state index in [1.165, 1.54) is 12.8 Å². The molecule has 1 aliphatic rings. The summed E-state index contributed by atoms with van der Waals surface area (Å²) in [5.74, 6) is 2.39. The summed E-state index contributed by atoms with van der Waals surface area (Å²) < 4.78 is 5.79. The van der Waals surface area contributed by atoms with Crippen molar-refractivity contribution < 1.29 is 4.74 Å². The monoisotopic (exact) mass is 411 g/mol. The maximum Gasteiger partial charge on any atom is 0.193 e. The zero-order chi connectivity index (χ0) is 15.0. The second-order valence-electron chi connectivity index (χ2n) is 6.19. The molecule has 1 aliphatic heterocycles. The van der Waals surface area contributed by atoms with E-state index in [1.807, 2.05) is 7.05 Å². The number of ether oxygens (including phenoxy) is 1. The van der Waals surface area contributed by atoms with Crippen LogP contribution < -0.4 is 5.32 Å². The predicted molar refractivity (Wildman–Crippen MR) is 102 cm³/mol. The van der Waals surface area contributed by atoms with Gasteiger partial charge in [0.25, 0.3) is 0 Å². The van der Waals surface area contributed by atoms with Gasteiger partial charge in [0.2, 0.25) is 0 Å². The third-order valence-electron chi connectivity index (χ3n) is 4.00. The Bertz CT molecular complexity index is 297. The molecule has 1 N–H and O–H groups in total. The molecule has 0 aromatic heterocycles. The van der Waals surface area contributed by atoms with Crippen molar-refractivity contribution in [3.63, 3.8) is 0 Å². The van der Waals surface area contributed by atoms with Crippen LogP contribution in [0.5, 0.6) is 0 Å². The highest BCUT2D eigenvalue weighted by molar-refractivity contribution is 14.0. The molecular weight excluding hydrogens is 377 g/mol. The van der Waals surface area contributed by atoms with Gasteiger partial charge in [0.15, 0.2) is 5.96 Å². The van der Waals surface area contributed by atoms with E-state index >= 15 is 0 Å². The molecule has 21 heavy (non-hydrogen) atoms. The summed E-state index contributed by atoms with van der Waals surface area (Å²) >= 11 is 0. The summed E-state index contributed by atoms with van der Waals surface area (Å²) in [6.45, 7) is 12.8. The van der Waals surface area contributed by atoms with E-state index in [0.29, 0.717) is 12.0 Å². The minimum absolute atomic E-state index is 0. The smallest absolute Gasteiger partial charge is 0.193 e. The van der Waals surface area contributed by atoms with Crippen LogP contribution in [0.1, 0.15) is 47.0 Å². The Balaban J connectivity index is 0.00000400. The molecule has 0 bridgehead atoms. The Morgan fingerprint density at radius 1 is 1.43 bits per heavy atom. The topological polar surface area (TPSA) is 36.9 Å². The molecule has 0 saturated carbocycles. The van der Waals surface area contributed by atoms with E-state index in [9.17, 15) is 0 Å². The van der Waals surface area contributed by atoms with Gasteiger partial charge in [-0.1, -0.05) is 20.8 Å². The summed E-state index contributed by atoms with van der Waals surface area (Å²) in [5.41, 5.74) is 0. The average molecular weight is 411 g/mol. The molecular formula is C16H34IN3O. The standard InChI is InChI=1S/C16H33N3O.HI/c1-6-20-15(13(2)3)9-10-18-16(17-5)19-11-7-8-14(4)12-19;/h13-15H,6-12H2,1-5H3,(H,17,18);1H. The summed E-state index contributed by atoms with van der Waals surface area (Å²) in [4.78, 5) is 6.81. The minimum atomic E-state index is 0. The lowest BCUT2D eigenvalue weighted by Gasteiger charge is -2.33. The zero-order valence-electron chi connectivity index (χ0n) is 14.4. The lowest BCUT2D eigenvalue weighted by atomic mass is 10.0. The predicted octanol–water partition coefficient (Wildman–Crippen LogP) is 3.36. The number of likely N-dealkylation sites (tertiary alicyclic amines) is 1. The van der Waals surface area contributed by atoms with Crippen molar-refractivity contribution in [1.29, 1.82) is 0 Å². The molecule has 1 fully saturated rings. The third kappa shape index (κ3) is 7.68. The molecule has 5 heteroatoms. The van der Waals surface area contributed by atoms with Crippen LogP contribution in [0, 0.1) is 11.8 Å². The van der Waals surface area contributed by atoms with Crippen LogP contribution in [0.3, 0.4) is 0 Å². The van der Waals surface area contributed by atoms with Gasteiger partial charge in [-0.25, -0.2) is 0 Å². The number of halogens is 1. The number of hydrogen-bond donors (Lipinski definition) is 1. The van der Waals surface area contributed by atoms with Crippen LogP contribution in [-0.4, -0.2) is 50.3 Å². The summed E-state index contributed by atoms with van der Waals surface area (Å²) in [7, 11) is 1.88. The SMILES string of the molecule is CCOC(CCNC(=NC)N1CCCC(C)C1)C(C)C.I. The van der Waals surface area contributed by atoms with E-state index in [2.05, 4.69) is 42.9 Å². The van der Waals surface area contributed by atoms with Crippen LogP contribution in [0.25, 0.3) is 0 Å². The van der Waals surface area contributed by atoms with Crippen LogP contribution in [0.2, 0.25) is 0 Å². The molecule has 0 amide bonds. The highest BCUT2D eigenvalue weighted by Gasteiger charge is 2.19. The summed E-state index contributed by atoms with van der Waals surface area (Å²) in [6.07, 6.45) is 3.99. The quantitative estimate of drug-likeness (QED) is 0.414. The molecule has 1 heterocycles. The Morgan fingerprint density at radius 3 is 2.67 bits per heavy atom. The second kappa shape index (κ2) is 11.5. The fraction of sp³-hybridized carbons (Fsp3) is 0.938. The number of rotatable bonds is 6. The van der Waals surface area contributed by atoms with Crippen molar-refractivity contribution >= 4 is 29.9 Å². The van der Waals surface area contributed by atoms with Gasteiger partial charge in [0, 0.05) is 33.3 Å². The van der Waals surface area contributed by atoms with Gasteiger partial charge in [-0.15, -0.1) is 24.0 Å². The van der Waals surface area contributed by atoms with Gasteiger partial charge >= 0.3 is 0 Å². The van der Waals surface area contributed by atoms with Crippen molar-refractivity contribution in [3.05, 3.63) is 0 Å². The number of nitrogens with one attached hydrogen (secondary N) is 1. The fourth-order valence-electron chi connectivity index (χ4n) is 2.86. The average Bonchev–Trinajstić information content (AvgIpc) is 2.42. The van der Waals surface area contributed by atoms with Crippen LogP contribution in [0.15, 0.2) is 4.99 Å². The molecule has 0 aromatic carbocycles. The number of nitrogens with zero attached hydrogens (tertiary/aromatic N) is 2. The number of aliphatic imine (C=N–C) groups is 1. The summed E-state index contributed by atoms with van der Waals surface area (Å²) in [6, 6.07) is 0. The molecule has 0 aliphatic carbocycles. The maximum absolute atomic E-state index is 5.79. The van der Waals surface area contributed by atoms with Gasteiger partial charge in [0.05, 0.1) is 6.10 Å². The lowest BCUT2D eigenvalue weighted by Crippen LogP contribution is -2.46. The Kier molecular flexibility index (Phi) is 11.5. The van der Waals surface area contributed by atoms with Crippen LogP contribution in [-0.2, 0) is 4.74 Å². The highest BCUT2D eigenvalue weighted by atomic mass is 127. The van der Waals surface area contributed by atoms with Crippen molar-refractivity contribution in [2.24, 2.45) is 16.8 Å². The second-order valence-corrected chi connectivity index (χ2v) is 6.19. The maximum atomic E-state index is 5.79. The third-order valence-corrected chi connectivity index (χ3v) is 4.00. The Labute approximate surface area is 148 Å². The zero-order valence-corrected chi connectivity index (χ0v) is 16.7. The van der Waals surface area contributed by atoms with E-state index in [4.69, 9.17) is 4.74 Å². The number of guanidine groups is 1. The molecule has 4 nitrogen and oxygen atoms in total. The van der Waals surface area contributed by atoms with Gasteiger partial charge < -0.3 is 15.0 Å². The van der Waals surface area contributed by atoms with E-state index in [0.717, 1.165) is 44.5 Å². The Morgan fingerprint density at radius 2 is 2.14 bits per heavy atom. The molecule has 2 unspecified atom stereocenters. The first-order chi connectivity index (χ1) is 9.58. The van der Waals surface area contributed by atoms with Gasteiger partial charge in [-0.3, -0.25) is 4.99 Å². The van der Waals surface area contributed by atoms with Crippen molar-refractivity contribution in [2.75, 3.05) is 33.3 Å². The van der Waals surface area contributed by atoms with Crippen LogP contribution in [0.4, 0.5) is 0 Å². The van der Waals surface area contributed by atoms with Crippen LogP contribution >= 0.6 is 24.0 Å². The molecule has 0 radical (unpaired) electrons. The van der Waals surface area contributed by atoms with E-state index in [1.54, 1.807) is 0 Å². The molecule has 2 atom stereocenters. The molecule has 1 rings (SSSR count). The lowest BCUT2D eigenvalue weighted by molar-refractivity contribution is 0.0257. The first-order valence-electron chi connectivity index (χ1n) is 8.15. The first kappa shape index (κ1) is 21.0. The van der Waals surface area contributed by atoms with Crippen molar-refractivity contribution in [1.82, 2.24) is 10.2 Å². The van der Waals surface area contributed by atoms with Crippen molar-refractivity contribution in [2.45, 2.75) is 53.1 Å². The first-order valence-corrected chi connectivity index (χ1v) is 8.15. The number of hydrogen-bond acceptors (Lipinski definition) is 2. The van der Waals surface area contributed by atoms with E-state index < -0.39 is 0 Å². The Hall–Kier alpha value is -0.0400. The minimum Gasteiger partial charge on any atom is -0.378 e. The number of piperidine rings is 1. The van der Waals surface area contributed by atoms with Gasteiger partial charge in [-0.2, -0.15) is 0 Å².